The van der Waals surface area contributed by atoms with Crippen molar-refractivity contribution in [1.29, 1.82) is 0 Å². The molecule has 1 aromatic carbocycles. The summed E-state index contributed by atoms with van der Waals surface area (Å²) in [6.45, 7) is 8.49. The summed E-state index contributed by atoms with van der Waals surface area (Å²) in [5.41, 5.74) is 11.8. The number of nitrogens with two attached hydrogens (primary N) is 1. The fraction of sp³-hybridized carbons (Fsp3) is 0.448. The van der Waals surface area contributed by atoms with Crippen LogP contribution >= 0.6 is 0 Å². The van der Waals surface area contributed by atoms with Crippen LogP contribution in [0.25, 0.3) is 11.3 Å². The Hall–Kier alpha value is -3.76. The number of nitrogens with zero attached hydrogens (tertiary/aromatic N) is 4. The molecule has 10 heteroatoms. The molecule has 1 aliphatic heterocycles. The number of anilines is 1. The predicted octanol–water partition coefficient (Wildman–Crippen LogP) is 4.59. The van der Waals surface area contributed by atoms with E-state index in [-0.39, 0.29) is 18.9 Å². The van der Waals surface area contributed by atoms with Crippen LogP contribution in [-0.4, -0.2) is 50.9 Å². The second-order valence-electron chi connectivity index (χ2n) is 11.3. The van der Waals surface area contributed by atoms with Gasteiger partial charge in [0.1, 0.15) is 23.8 Å². The largest absolute Gasteiger partial charge is 0.488 e. The lowest BCUT2D eigenvalue weighted by Crippen LogP contribution is -2.44. The van der Waals surface area contributed by atoms with E-state index in [1.807, 2.05) is 7.05 Å². The number of carbonyl (C=O) groups excluding carboxylic acids is 1. The van der Waals surface area contributed by atoms with Crippen molar-refractivity contribution in [3.05, 3.63) is 59.0 Å². The van der Waals surface area contributed by atoms with Gasteiger partial charge in [-0.1, -0.05) is 0 Å². The third-order valence-corrected chi connectivity index (χ3v) is 6.64. The molecule has 1 atom stereocenters. The van der Waals surface area contributed by atoms with Gasteiger partial charge in [-0.2, -0.15) is 0 Å². The van der Waals surface area contributed by atoms with Crippen LogP contribution < -0.4 is 20.5 Å². The molecule has 1 unspecified atom stereocenters. The number of rotatable bonds is 7. The number of aryl methyl sites for hydroxylation is 1. The van der Waals surface area contributed by atoms with Crippen molar-refractivity contribution < 1.29 is 19.0 Å². The number of likely N-dealkylation sites (N-methyl/N-ethyl adjacent to an activating group) is 1. The summed E-state index contributed by atoms with van der Waals surface area (Å²) >= 11 is 0. The van der Waals surface area contributed by atoms with Crippen molar-refractivity contribution in [2.24, 2.45) is 5.73 Å². The number of nitrogens with one attached hydrogen (secondary N) is 1. The molecule has 10 nitrogen and oxygen atoms in total. The molecule has 39 heavy (non-hydrogen) atoms. The Balaban J connectivity index is 1.33. The topological polar surface area (TPSA) is 125 Å². The Morgan fingerprint density at radius 3 is 2.72 bits per heavy atom. The fourth-order valence-corrected chi connectivity index (χ4v) is 4.48. The minimum atomic E-state index is -0.617. The van der Waals surface area contributed by atoms with Crippen LogP contribution in [0.4, 0.5) is 10.6 Å². The van der Waals surface area contributed by atoms with Gasteiger partial charge in [0.05, 0.1) is 36.6 Å². The van der Waals surface area contributed by atoms with Crippen LogP contribution in [0.1, 0.15) is 55.9 Å². The van der Waals surface area contributed by atoms with E-state index >= 15 is 0 Å². The summed E-state index contributed by atoms with van der Waals surface area (Å²) in [4.78, 5) is 27.8. The van der Waals surface area contributed by atoms with Crippen LogP contribution in [0.5, 0.6) is 11.6 Å². The number of hydrogen-bond acceptors (Lipinski definition) is 9. The molecule has 0 bridgehead atoms. The molecule has 2 aliphatic rings. The highest BCUT2D eigenvalue weighted by Gasteiger charge is 2.26. The molecule has 1 saturated carbocycles. The minimum Gasteiger partial charge on any atom is -0.488 e. The highest BCUT2D eigenvalue weighted by molar-refractivity contribution is 5.83. The van der Waals surface area contributed by atoms with Crippen molar-refractivity contribution >= 4 is 11.9 Å². The van der Waals surface area contributed by atoms with Crippen LogP contribution in [0.3, 0.4) is 0 Å². The van der Waals surface area contributed by atoms with Gasteiger partial charge >= 0.3 is 6.09 Å². The molecule has 0 radical (unpaired) electrons. The highest BCUT2D eigenvalue weighted by atomic mass is 16.6. The average Bonchev–Trinajstić information content (AvgIpc) is 3.68. The second-order valence-corrected chi connectivity index (χ2v) is 11.3. The van der Waals surface area contributed by atoms with Crippen LogP contribution in [0.2, 0.25) is 0 Å². The maximum absolute atomic E-state index is 12.2. The molecule has 2 aromatic heterocycles. The summed E-state index contributed by atoms with van der Waals surface area (Å²) in [7, 11) is 2.04. The van der Waals surface area contributed by atoms with Gasteiger partial charge in [-0.15, -0.1) is 0 Å². The number of carbonyl (C=O) groups is 1. The molecule has 3 aromatic rings. The Bertz CT molecular complexity index is 1370. The van der Waals surface area contributed by atoms with E-state index in [4.69, 9.17) is 24.9 Å². The van der Waals surface area contributed by atoms with E-state index in [1.165, 1.54) is 16.7 Å². The molecule has 0 spiro atoms. The van der Waals surface area contributed by atoms with Gasteiger partial charge in [-0.05, 0) is 82.5 Å². The molecule has 206 valence electrons. The van der Waals surface area contributed by atoms with Crippen molar-refractivity contribution in [3.63, 3.8) is 0 Å². The first-order valence-corrected chi connectivity index (χ1v) is 13.2. The predicted molar refractivity (Wildman–Crippen MR) is 147 cm³/mol. The van der Waals surface area contributed by atoms with E-state index in [0.29, 0.717) is 17.4 Å². The number of ether oxygens (including phenoxy) is 3. The summed E-state index contributed by atoms with van der Waals surface area (Å²) < 4.78 is 17.4. The van der Waals surface area contributed by atoms with Crippen molar-refractivity contribution in [1.82, 2.24) is 19.9 Å². The zero-order valence-electron chi connectivity index (χ0n) is 23.2. The number of benzene rings is 1. The molecule has 0 saturated heterocycles. The number of fused-ring (bicyclic) bond motifs is 1. The smallest absolute Gasteiger partial charge is 0.413 e. The zero-order chi connectivity index (χ0) is 27.7. The Morgan fingerprint density at radius 2 is 1.97 bits per heavy atom. The molecule has 5 rings (SSSR count). The lowest BCUT2D eigenvalue weighted by molar-refractivity contribution is 0.0635. The molecule has 1 aliphatic carbocycles. The first-order valence-electron chi connectivity index (χ1n) is 13.2. The summed E-state index contributed by atoms with van der Waals surface area (Å²) in [6, 6.07) is 6.02. The fourth-order valence-electron chi connectivity index (χ4n) is 4.48. The monoisotopic (exact) mass is 532 g/mol. The summed E-state index contributed by atoms with van der Waals surface area (Å²) in [5, 5.41) is 2.68. The van der Waals surface area contributed by atoms with Gasteiger partial charge in [0, 0.05) is 24.1 Å². The maximum atomic E-state index is 12.2. The third kappa shape index (κ3) is 6.82. The SMILES string of the molecule is Cc1cc(-c2cncc(OCc3cc(NC(=O)OC(C)(C)C)ncc3OC3CC3)n2)cc2c1CC(N)N(C)C2. The third-order valence-electron chi connectivity index (χ3n) is 6.64. The van der Waals surface area contributed by atoms with Crippen molar-refractivity contribution in [2.75, 3.05) is 12.4 Å². The van der Waals surface area contributed by atoms with Gasteiger partial charge < -0.3 is 19.9 Å². The Kier molecular flexibility index (Phi) is 7.42. The summed E-state index contributed by atoms with van der Waals surface area (Å²) in [6.07, 6.45) is 7.40. The number of aromatic nitrogens is 3. The number of pyridine rings is 1. The van der Waals surface area contributed by atoms with Gasteiger partial charge in [0.15, 0.2) is 0 Å². The van der Waals surface area contributed by atoms with Gasteiger partial charge in [0.25, 0.3) is 0 Å². The maximum Gasteiger partial charge on any atom is 0.413 e. The molecular weight excluding hydrogens is 496 g/mol. The van der Waals surface area contributed by atoms with E-state index < -0.39 is 11.7 Å². The van der Waals surface area contributed by atoms with E-state index in [9.17, 15) is 4.79 Å². The van der Waals surface area contributed by atoms with Crippen LogP contribution in [0.15, 0.2) is 36.8 Å². The average molecular weight is 533 g/mol. The van der Waals surface area contributed by atoms with E-state index in [0.717, 1.165) is 42.6 Å². The quantitative estimate of drug-likeness (QED) is 0.449. The van der Waals surface area contributed by atoms with Gasteiger partial charge in [-0.25, -0.2) is 14.8 Å². The Morgan fingerprint density at radius 1 is 1.18 bits per heavy atom. The minimum absolute atomic E-state index is 0.0281. The number of hydrogen-bond donors (Lipinski definition) is 2. The first kappa shape index (κ1) is 26.8. The van der Waals surface area contributed by atoms with Crippen LogP contribution in [-0.2, 0) is 24.3 Å². The van der Waals surface area contributed by atoms with Gasteiger partial charge in [-0.3, -0.25) is 15.2 Å². The standard InChI is InChI=1S/C29H36N6O4/c1-17-8-18(9-19-15-35(5)25(30)11-22(17)19)23-12-31-14-27(33-23)37-16-20-10-26(34-28(36)39-29(2,3)4)32-13-24(20)38-21-6-7-21/h8-10,12-14,21,25H,6-7,11,15-16,30H2,1-5H3,(H,32,34,36). The zero-order valence-corrected chi connectivity index (χ0v) is 23.2. The lowest BCUT2D eigenvalue weighted by atomic mass is 9.91. The molecule has 1 amide bonds. The van der Waals surface area contributed by atoms with Gasteiger partial charge in [0.2, 0.25) is 5.88 Å². The second kappa shape index (κ2) is 10.8. The van der Waals surface area contributed by atoms with Crippen LogP contribution in [0, 0.1) is 6.92 Å². The first-order chi connectivity index (χ1) is 18.5. The normalized spacial score (nSPS) is 17.3. The van der Waals surface area contributed by atoms with Crippen molar-refractivity contribution in [3.8, 4) is 22.9 Å². The lowest BCUT2D eigenvalue weighted by Gasteiger charge is -2.32. The molecule has 3 heterocycles. The Labute approximate surface area is 228 Å². The van der Waals surface area contributed by atoms with E-state index in [2.05, 4.69) is 39.2 Å². The highest BCUT2D eigenvalue weighted by Crippen LogP contribution is 2.32. The summed E-state index contributed by atoms with van der Waals surface area (Å²) in [5.74, 6) is 1.35. The van der Waals surface area contributed by atoms with Crippen molar-refractivity contribution in [2.45, 2.75) is 78.0 Å². The molecular formula is C29H36N6O4. The van der Waals surface area contributed by atoms with E-state index in [1.54, 1.807) is 45.4 Å². The molecule has 1 fully saturated rings. The molecule has 3 N–H and O–H groups in total. The number of amides is 1.